The number of aliphatic imine (C=N–C) groups is 1. The molecule has 3 saturated heterocycles. The zero-order valence-electron chi connectivity index (χ0n) is 14.1. The monoisotopic (exact) mass is 467 g/mol. The maximum Gasteiger partial charge on any atom is 0.319 e. The lowest BCUT2D eigenvalue weighted by atomic mass is 9.82. The van der Waals surface area contributed by atoms with Crippen LogP contribution in [0.25, 0.3) is 0 Å². The molecule has 25 heavy (non-hydrogen) atoms. The number of aromatic nitrogens is 2. The van der Waals surface area contributed by atoms with Crippen LogP contribution in [0.15, 0.2) is 17.4 Å². The summed E-state index contributed by atoms with van der Waals surface area (Å²) >= 11 is 0. The first-order chi connectivity index (χ1) is 11.7. The maximum atomic E-state index is 12.9. The second kappa shape index (κ2) is 7.73. The van der Waals surface area contributed by atoms with E-state index in [0.717, 1.165) is 30.2 Å². The maximum absolute atomic E-state index is 12.9. The highest BCUT2D eigenvalue weighted by molar-refractivity contribution is 14.0. The quantitative estimate of drug-likeness (QED) is 0.420. The van der Waals surface area contributed by atoms with Crippen molar-refractivity contribution in [3.8, 4) is 0 Å². The molecule has 140 valence electrons. The SMILES string of the molecule is CCNC(=NCc1nccn1C(F)F)N1CC2C3CCC(O3)C2C1.I. The Labute approximate surface area is 163 Å². The van der Waals surface area contributed by atoms with Crippen LogP contribution in [0.1, 0.15) is 32.1 Å². The van der Waals surface area contributed by atoms with Crippen LogP contribution >= 0.6 is 24.0 Å². The number of ether oxygens (including phenoxy) is 1. The first-order valence-electron chi connectivity index (χ1n) is 8.66. The molecule has 0 aromatic carbocycles. The summed E-state index contributed by atoms with van der Waals surface area (Å²) in [5, 5.41) is 3.29. The van der Waals surface area contributed by atoms with Gasteiger partial charge >= 0.3 is 6.55 Å². The minimum absolute atomic E-state index is 0. The number of guanidine groups is 1. The van der Waals surface area contributed by atoms with Gasteiger partial charge in [-0.1, -0.05) is 0 Å². The van der Waals surface area contributed by atoms with Crippen molar-refractivity contribution in [3.63, 3.8) is 0 Å². The largest absolute Gasteiger partial charge is 0.374 e. The first-order valence-corrected chi connectivity index (χ1v) is 8.66. The van der Waals surface area contributed by atoms with Gasteiger partial charge in [0.25, 0.3) is 0 Å². The molecular weight excluding hydrogens is 443 g/mol. The smallest absolute Gasteiger partial charge is 0.319 e. The van der Waals surface area contributed by atoms with E-state index in [9.17, 15) is 8.78 Å². The molecule has 4 atom stereocenters. The van der Waals surface area contributed by atoms with E-state index >= 15 is 0 Å². The van der Waals surface area contributed by atoms with Crippen LogP contribution in [0.4, 0.5) is 8.78 Å². The third-order valence-corrected chi connectivity index (χ3v) is 5.42. The standard InChI is InChI=1S/C16H23F2N5O.HI/c1-2-19-16(21-7-14-20-5-6-23(14)15(17)18)22-8-10-11(9-22)13-4-3-12(10)24-13;/h5-6,10-13,15H,2-4,7-9H2,1H3,(H,19,21);1H. The molecule has 6 nitrogen and oxygen atoms in total. The average Bonchev–Trinajstić information content (AvgIpc) is 3.32. The minimum atomic E-state index is -2.58. The van der Waals surface area contributed by atoms with Gasteiger partial charge in [0.05, 0.1) is 12.2 Å². The van der Waals surface area contributed by atoms with Crippen LogP contribution in [0, 0.1) is 11.8 Å². The van der Waals surface area contributed by atoms with E-state index in [4.69, 9.17) is 4.74 Å². The van der Waals surface area contributed by atoms with E-state index in [1.54, 1.807) is 0 Å². The van der Waals surface area contributed by atoms with E-state index in [0.29, 0.717) is 24.0 Å². The van der Waals surface area contributed by atoms with Gasteiger partial charge in [-0.25, -0.2) is 9.98 Å². The van der Waals surface area contributed by atoms with Gasteiger partial charge in [-0.15, -0.1) is 24.0 Å². The molecule has 0 radical (unpaired) electrons. The van der Waals surface area contributed by atoms with Crippen molar-refractivity contribution in [3.05, 3.63) is 18.2 Å². The topological polar surface area (TPSA) is 54.7 Å². The molecule has 1 aromatic rings. The number of hydrogen-bond donors (Lipinski definition) is 1. The fourth-order valence-electron chi connectivity index (χ4n) is 4.35. The van der Waals surface area contributed by atoms with E-state index in [1.807, 2.05) is 6.92 Å². The Morgan fingerprint density at radius 2 is 2.04 bits per heavy atom. The molecule has 0 aliphatic carbocycles. The van der Waals surface area contributed by atoms with Gasteiger partial charge < -0.3 is 15.0 Å². The second-order valence-electron chi connectivity index (χ2n) is 6.72. The van der Waals surface area contributed by atoms with Gasteiger partial charge in [0.15, 0.2) is 5.96 Å². The molecule has 4 unspecified atom stereocenters. The van der Waals surface area contributed by atoms with Crippen molar-refractivity contribution in [1.82, 2.24) is 19.8 Å². The molecule has 4 heterocycles. The molecule has 3 aliphatic heterocycles. The van der Waals surface area contributed by atoms with Gasteiger partial charge in [0, 0.05) is 43.9 Å². The third kappa shape index (κ3) is 3.49. The van der Waals surface area contributed by atoms with E-state index in [1.165, 1.54) is 25.2 Å². The number of hydrogen-bond acceptors (Lipinski definition) is 3. The van der Waals surface area contributed by atoms with Crippen LogP contribution < -0.4 is 5.32 Å². The minimum Gasteiger partial charge on any atom is -0.374 e. The summed E-state index contributed by atoms with van der Waals surface area (Å²) in [6.45, 7) is 2.19. The highest BCUT2D eigenvalue weighted by Crippen LogP contribution is 2.47. The Morgan fingerprint density at radius 3 is 2.64 bits per heavy atom. The molecule has 9 heteroatoms. The molecule has 2 bridgehead atoms. The van der Waals surface area contributed by atoms with Crippen LogP contribution in [0.3, 0.4) is 0 Å². The number of imidazole rings is 1. The van der Waals surface area contributed by atoms with Crippen LogP contribution in [0.5, 0.6) is 0 Å². The van der Waals surface area contributed by atoms with Gasteiger partial charge in [-0.05, 0) is 19.8 Å². The number of fused-ring (bicyclic) bond motifs is 5. The summed E-state index contributed by atoms with van der Waals surface area (Å²) in [6, 6.07) is 0. The zero-order valence-corrected chi connectivity index (χ0v) is 16.5. The van der Waals surface area contributed by atoms with E-state index in [-0.39, 0.29) is 36.3 Å². The van der Waals surface area contributed by atoms with E-state index < -0.39 is 6.55 Å². The zero-order chi connectivity index (χ0) is 16.7. The van der Waals surface area contributed by atoms with Crippen LogP contribution in [0.2, 0.25) is 0 Å². The van der Waals surface area contributed by atoms with Gasteiger partial charge in [0.2, 0.25) is 0 Å². The molecular formula is C16H24F2IN5O. The fourth-order valence-corrected chi connectivity index (χ4v) is 4.35. The number of alkyl halides is 2. The van der Waals surface area contributed by atoms with E-state index in [2.05, 4.69) is 20.2 Å². The lowest BCUT2D eigenvalue weighted by Gasteiger charge is -2.23. The van der Waals surface area contributed by atoms with Crippen molar-refractivity contribution in [1.29, 1.82) is 0 Å². The Kier molecular flexibility index (Phi) is 5.81. The molecule has 1 aromatic heterocycles. The number of nitrogens with one attached hydrogen (secondary N) is 1. The highest BCUT2D eigenvalue weighted by atomic mass is 127. The van der Waals surface area contributed by atoms with Crippen molar-refractivity contribution >= 4 is 29.9 Å². The number of likely N-dealkylation sites (tertiary alicyclic amines) is 1. The molecule has 4 rings (SSSR count). The summed E-state index contributed by atoms with van der Waals surface area (Å²) in [5.41, 5.74) is 0. The first kappa shape index (κ1) is 18.8. The normalized spacial score (nSPS) is 30.7. The summed E-state index contributed by atoms with van der Waals surface area (Å²) in [4.78, 5) is 10.8. The Balaban J connectivity index is 0.00000182. The summed E-state index contributed by atoms with van der Waals surface area (Å²) in [6.07, 6.45) is 5.80. The van der Waals surface area contributed by atoms with Crippen molar-refractivity contribution in [2.45, 2.75) is 45.1 Å². The lowest BCUT2D eigenvalue weighted by molar-refractivity contribution is 0.0670. The average molecular weight is 467 g/mol. The summed E-state index contributed by atoms with van der Waals surface area (Å²) < 4.78 is 32.7. The molecule has 0 saturated carbocycles. The second-order valence-corrected chi connectivity index (χ2v) is 6.72. The van der Waals surface area contributed by atoms with Crippen molar-refractivity contribution < 1.29 is 13.5 Å². The molecule has 3 fully saturated rings. The molecule has 0 amide bonds. The molecule has 3 aliphatic rings. The third-order valence-electron chi connectivity index (χ3n) is 5.42. The number of rotatable bonds is 4. The Hall–Kier alpha value is -0.970. The highest BCUT2D eigenvalue weighted by Gasteiger charge is 2.53. The summed E-state index contributed by atoms with van der Waals surface area (Å²) in [7, 11) is 0. The van der Waals surface area contributed by atoms with Crippen molar-refractivity contribution in [2.24, 2.45) is 16.8 Å². The Bertz CT molecular complexity index is 607. The number of nitrogens with zero attached hydrogens (tertiary/aromatic N) is 4. The number of halogens is 3. The molecule has 1 N–H and O–H groups in total. The van der Waals surface area contributed by atoms with Crippen LogP contribution in [-0.2, 0) is 11.3 Å². The molecule has 0 spiro atoms. The predicted octanol–water partition coefficient (Wildman–Crippen LogP) is 2.47. The van der Waals surface area contributed by atoms with Gasteiger partial charge in [-0.2, -0.15) is 8.78 Å². The fraction of sp³-hybridized carbons (Fsp3) is 0.750. The van der Waals surface area contributed by atoms with Crippen molar-refractivity contribution in [2.75, 3.05) is 19.6 Å². The van der Waals surface area contributed by atoms with Gasteiger partial charge in [0.1, 0.15) is 12.4 Å². The Morgan fingerprint density at radius 1 is 1.36 bits per heavy atom. The summed E-state index contributed by atoms with van der Waals surface area (Å²) in [5.74, 6) is 2.23. The van der Waals surface area contributed by atoms with Crippen LogP contribution in [-0.4, -0.2) is 52.3 Å². The van der Waals surface area contributed by atoms with Gasteiger partial charge in [-0.3, -0.25) is 4.57 Å². The lowest BCUT2D eigenvalue weighted by Crippen LogP contribution is -2.41. The predicted molar refractivity (Wildman–Crippen MR) is 100 cm³/mol.